The summed E-state index contributed by atoms with van der Waals surface area (Å²) in [6.45, 7) is 2.12. The summed E-state index contributed by atoms with van der Waals surface area (Å²) in [6, 6.07) is 6.15. The van der Waals surface area contributed by atoms with E-state index in [1.807, 2.05) is 18.4 Å². The van der Waals surface area contributed by atoms with Crippen molar-refractivity contribution in [2.75, 3.05) is 6.26 Å². The molecule has 0 radical (unpaired) electrons. The average molecular weight is 345 g/mol. The van der Waals surface area contributed by atoms with Crippen LogP contribution in [0.4, 0.5) is 0 Å². The van der Waals surface area contributed by atoms with Crippen LogP contribution in [0.2, 0.25) is 5.02 Å². The topological polar surface area (TPSA) is 46.0 Å². The van der Waals surface area contributed by atoms with Gasteiger partial charge in [0.05, 0.1) is 5.69 Å². The highest BCUT2D eigenvalue weighted by Gasteiger charge is 2.42. The van der Waals surface area contributed by atoms with Crippen molar-refractivity contribution in [3.05, 3.63) is 51.7 Å². The van der Waals surface area contributed by atoms with E-state index in [1.54, 1.807) is 0 Å². The Kier molecular flexibility index (Phi) is 3.43. The van der Waals surface area contributed by atoms with Gasteiger partial charge in [-0.15, -0.1) is 0 Å². The molecule has 0 unspecified atom stereocenters. The minimum Gasteiger partial charge on any atom is -0.493 e. The molecule has 2 aromatic rings. The van der Waals surface area contributed by atoms with Crippen LogP contribution in [0.25, 0.3) is 5.57 Å². The Hall–Kier alpha value is -1.52. The van der Waals surface area contributed by atoms with Crippen molar-refractivity contribution in [3.8, 4) is 5.88 Å². The molecule has 0 amide bonds. The first-order valence-electron chi connectivity index (χ1n) is 7.65. The summed E-state index contributed by atoms with van der Waals surface area (Å²) in [5.41, 5.74) is 5.49. The highest BCUT2D eigenvalue weighted by molar-refractivity contribution is 7.98. The number of aromatic nitrogens is 2. The molecule has 1 heterocycles. The fourth-order valence-electron chi connectivity index (χ4n) is 3.98. The van der Waals surface area contributed by atoms with Crippen molar-refractivity contribution in [2.24, 2.45) is 0 Å². The van der Waals surface area contributed by atoms with Gasteiger partial charge in [-0.25, -0.2) is 4.98 Å². The minimum atomic E-state index is -0.0617. The van der Waals surface area contributed by atoms with Gasteiger partial charge in [0.15, 0.2) is 5.16 Å². The first kappa shape index (κ1) is 15.0. The van der Waals surface area contributed by atoms with Gasteiger partial charge in [-0.2, -0.15) is 4.98 Å². The van der Waals surface area contributed by atoms with Crippen LogP contribution < -0.4 is 0 Å². The van der Waals surface area contributed by atoms with Crippen molar-refractivity contribution in [1.82, 2.24) is 9.97 Å². The number of thioether (sulfide) groups is 1. The Labute approximate surface area is 144 Å². The third-order valence-corrected chi connectivity index (χ3v) is 5.84. The highest BCUT2D eigenvalue weighted by atomic mass is 35.5. The smallest absolute Gasteiger partial charge is 0.218 e. The molecule has 0 bridgehead atoms. The monoisotopic (exact) mass is 344 g/mol. The molecular weight excluding hydrogens is 328 g/mol. The molecule has 3 nitrogen and oxygen atoms in total. The Morgan fingerprint density at radius 3 is 2.91 bits per heavy atom. The number of hydrogen-bond donors (Lipinski definition) is 1. The zero-order valence-electron chi connectivity index (χ0n) is 13.1. The van der Waals surface area contributed by atoms with E-state index >= 15 is 0 Å². The maximum atomic E-state index is 10.2. The first-order valence-corrected chi connectivity index (χ1v) is 9.26. The zero-order chi connectivity index (χ0) is 16.2. The Balaban J connectivity index is 1.86. The third kappa shape index (κ3) is 2.19. The molecule has 0 saturated carbocycles. The summed E-state index contributed by atoms with van der Waals surface area (Å²) in [4.78, 5) is 8.83. The van der Waals surface area contributed by atoms with Gasteiger partial charge in [0, 0.05) is 22.4 Å². The van der Waals surface area contributed by atoms with Gasteiger partial charge in [-0.05, 0) is 48.8 Å². The summed E-state index contributed by atoms with van der Waals surface area (Å²) >= 11 is 7.89. The molecule has 2 aliphatic rings. The van der Waals surface area contributed by atoms with E-state index < -0.39 is 0 Å². The summed E-state index contributed by atoms with van der Waals surface area (Å²) in [5.74, 6) is 0.138. The highest BCUT2D eigenvalue weighted by Crippen LogP contribution is 2.50. The fourth-order valence-corrected chi connectivity index (χ4v) is 4.68. The van der Waals surface area contributed by atoms with Gasteiger partial charge in [0.25, 0.3) is 0 Å². The number of nitrogens with zero attached hydrogens (tertiary/aromatic N) is 2. The van der Waals surface area contributed by atoms with Crippen LogP contribution >= 0.6 is 23.4 Å². The van der Waals surface area contributed by atoms with Crippen LogP contribution in [0.15, 0.2) is 29.4 Å². The van der Waals surface area contributed by atoms with Crippen molar-refractivity contribution in [1.29, 1.82) is 0 Å². The number of benzene rings is 1. The molecule has 0 saturated heterocycles. The lowest BCUT2D eigenvalue weighted by atomic mass is 9.70. The van der Waals surface area contributed by atoms with Crippen molar-refractivity contribution in [2.45, 2.75) is 36.8 Å². The molecule has 118 valence electrons. The van der Waals surface area contributed by atoms with Crippen LogP contribution in [-0.4, -0.2) is 21.3 Å². The molecule has 1 aromatic heterocycles. The largest absolute Gasteiger partial charge is 0.493 e. The molecule has 0 aliphatic heterocycles. The average Bonchev–Trinajstić information content (AvgIpc) is 2.80. The predicted octanol–water partition coefficient (Wildman–Crippen LogP) is 4.40. The SMILES string of the molecule is CSc1nc(O)c2c(n1)C[C@@]1(C=C(C)c3c(Cl)cccc31)CC2. The number of halogens is 1. The molecule has 1 atom stereocenters. The van der Waals surface area contributed by atoms with Crippen molar-refractivity contribution >= 4 is 28.9 Å². The van der Waals surface area contributed by atoms with E-state index in [9.17, 15) is 5.11 Å². The zero-order valence-corrected chi connectivity index (χ0v) is 14.6. The Bertz CT molecular complexity index is 849. The summed E-state index contributed by atoms with van der Waals surface area (Å²) < 4.78 is 0. The lowest BCUT2D eigenvalue weighted by molar-refractivity contribution is 0.403. The van der Waals surface area contributed by atoms with Gasteiger partial charge in [0.2, 0.25) is 5.88 Å². The molecule has 23 heavy (non-hydrogen) atoms. The quantitative estimate of drug-likeness (QED) is 0.615. The van der Waals surface area contributed by atoms with Crippen LogP contribution in [-0.2, 0) is 18.3 Å². The molecule has 1 aromatic carbocycles. The normalized spacial score (nSPS) is 22.0. The van der Waals surface area contributed by atoms with E-state index in [-0.39, 0.29) is 11.3 Å². The maximum Gasteiger partial charge on any atom is 0.218 e. The van der Waals surface area contributed by atoms with Crippen LogP contribution in [0.5, 0.6) is 5.88 Å². The predicted molar refractivity (Wildman–Crippen MR) is 94.3 cm³/mol. The second-order valence-electron chi connectivity index (χ2n) is 6.28. The van der Waals surface area contributed by atoms with Crippen LogP contribution in [0.1, 0.15) is 35.7 Å². The van der Waals surface area contributed by atoms with Crippen LogP contribution in [0, 0.1) is 0 Å². The molecule has 2 aliphatic carbocycles. The summed E-state index contributed by atoms with van der Waals surface area (Å²) in [7, 11) is 0. The van der Waals surface area contributed by atoms with Crippen LogP contribution in [0.3, 0.4) is 0 Å². The van der Waals surface area contributed by atoms with Gasteiger partial charge in [0.1, 0.15) is 0 Å². The first-order chi connectivity index (χ1) is 11.0. The third-order valence-electron chi connectivity index (χ3n) is 4.97. The number of fused-ring (bicyclic) bond motifs is 3. The molecule has 5 heteroatoms. The molecular formula is C18H17ClN2OS. The summed E-state index contributed by atoms with van der Waals surface area (Å²) in [6.07, 6.45) is 6.78. The van der Waals surface area contributed by atoms with E-state index in [2.05, 4.69) is 29.0 Å². The molecule has 1 N–H and O–H groups in total. The second kappa shape index (κ2) is 5.25. The summed E-state index contributed by atoms with van der Waals surface area (Å²) in [5, 5.41) is 11.6. The maximum absolute atomic E-state index is 10.2. The fraction of sp³-hybridized carbons (Fsp3) is 0.333. The van der Waals surface area contributed by atoms with E-state index in [4.69, 9.17) is 11.6 Å². The standard InChI is InChI=1S/C18H17ClN2OS/c1-10-8-18(12-4-3-5-13(19)15(10)12)7-6-11-14(9-18)20-17(23-2)21-16(11)22/h3-5,8H,6-7,9H2,1-2H3,(H,20,21,22)/t18-/m0/s1. The van der Waals surface area contributed by atoms with Gasteiger partial charge >= 0.3 is 0 Å². The number of rotatable bonds is 1. The Morgan fingerprint density at radius 2 is 2.13 bits per heavy atom. The van der Waals surface area contributed by atoms with E-state index in [0.717, 1.165) is 35.5 Å². The van der Waals surface area contributed by atoms with Gasteiger partial charge < -0.3 is 5.11 Å². The lowest BCUT2D eigenvalue weighted by Crippen LogP contribution is -2.31. The second-order valence-corrected chi connectivity index (χ2v) is 7.46. The molecule has 1 spiro atoms. The van der Waals surface area contributed by atoms with E-state index in [0.29, 0.717) is 5.16 Å². The van der Waals surface area contributed by atoms with Gasteiger partial charge in [-0.3, -0.25) is 0 Å². The van der Waals surface area contributed by atoms with E-state index in [1.165, 1.54) is 28.5 Å². The molecule has 0 fully saturated rings. The van der Waals surface area contributed by atoms with Crippen molar-refractivity contribution < 1.29 is 5.11 Å². The Morgan fingerprint density at radius 1 is 1.30 bits per heavy atom. The van der Waals surface area contributed by atoms with Gasteiger partial charge in [-0.1, -0.05) is 41.6 Å². The number of allylic oxidation sites excluding steroid dienone is 2. The number of hydrogen-bond acceptors (Lipinski definition) is 4. The minimum absolute atomic E-state index is 0.0617. The molecule has 4 rings (SSSR count). The van der Waals surface area contributed by atoms with Crippen molar-refractivity contribution in [3.63, 3.8) is 0 Å². The lowest BCUT2D eigenvalue weighted by Gasteiger charge is -2.34. The number of aromatic hydroxyl groups is 1.